The molecule has 0 aliphatic carbocycles. The first kappa shape index (κ1) is 8.21. The number of hydrogen-bond acceptors (Lipinski definition) is 3. The lowest BCUT2D eigenvalue weighted by Crippen LogP contribution is -2.16. The van der Waals surface area contributed by atoms with Gasteiger partial charge >= 0.3 is 0 Å². The molecular weight excluding hydrogens is 154 g/mol. The van der Waals surface area contributed by atoms with Crippen molar-refractivity contribution < 1.29 is 4.79 Å². The lowest BCUT2D eigenvalue weighted by atomic mass is 10.1. The monoisotopic (exact) mass is 161 g/mol. The van der Waals surface area contributed by atoms with Gasteiger partial charge in [-0.1, -0.05) is 0 Å². The van der Waals surface area contributed by atoms with Gasteiger partial charge in [0.25, 0.3) is 5.91 Å². The van der Waals surface area contributed by atoms with Crippen molar-refractivity contribution in [3.05, 3.63) is 23.5 Å². The predicted molar refractivity (Wildman–Crippen MR) is 43.1 cm³/mol. The van der Waals surface area contributed by atoms with Crippen LogP contribution in [0.4, 0.5) is 0 Å². The van der Waals surface area contributed by atoms with E-state index in [4.69, 9.17) is 12.2 Å². The van der Waals surface area contributed by atoms with Crippen molar-refractivity contribution >= 4 is 5.91 Å². The second-order valence-corrected chi connectivity index (χ2v) is 2.15. The molecule has 60 valence electrons. The highest BCUT2D eigenvalue weighted by atomic mass is 16.1. The third-order valence-corrected chi connectivity index (χ3v) is 1.33. The van der Waals surface area contributed by atoms with Gasteiger partial charge in [-0.2, -0.15) is 5.10 Å². The maximum atomic E-state index is 10.7. The molecule has 1 rings (SSSR count). The molecule has 12 heavy (non-hydrogen) atoms. The van der Waals surface area contributed by atoms with Crippen molar-refractivity contribution in [2.75, 3.05) is 0 Å². The van der Waals surface area contributed by atoms with E-state index in [1.165, 1.54) is 6.20 Å². The van der Waals surface area contributed by atoms with Crippen molar-refractivity contribution in [2.45, 2.75) is 6.42 Å². The van der Waals surface area contributed by atoms with Gasteiger partial charge in [0.2, 0.25) is 0 Å². The summed E-state index contributed by atoms with van der Waals surface area (Å²) in [5.74, 6) is 1.80. The van der Waals surface area contributed by atoms with E-state index >= 15 is 0 Å². The third kappa shape index (κ3) is 1.58. The molecule has 0 unspecified atom stereocenters. The molecule has 1 aromatic rings. The Bertz CT molecular complexity index is 340. The smallest absolute Gasteiger partial charge is 0.269 e. The molecule has 0 spiro atoms. The second kappa shape index (κ2) is 3.49. The molecule has 1 amide bonds. The molecular formula is C8H7N3O. The minimum atomic E-state index is -0.603. The van der Waals surface area contributed by atoms with Crippen molar-refractivity contribution in [3.8, 4) is 12.3 Å². The molecule has 0 radical (unpaired) electrons. The Morgan fingerprint density at radius 3 is 3.08 bits per heavy atom. The molecule has 0 fully saturated rings. The fourth-order valence-electron chi connectivity index (χ4n) is 0.818. The Balaban J connectivity index is 3.10. The molecule has 0 aromatic carbocycles. The standard InChI is InChI=1S/C8H7N3O/c1-2-3-6-4-5-10-11-7(6)8(9)12/h1,4-5H,3H2,(H2,9,12). The highest BCUT2D eigenvalue weighted by Crippen LogP contribution is 2.02. The van der Waals surface area contributed by atoms with Crippen LogP contribution in [-0.2, 0) is 6.42 Å². The summed E-state index contributed by atoms with van der Waals surface area (Å²) in [6.07, 6.45) is 6.89. The van der Waals surface area contributed by atoms with E-state index in [1.54, 1.807) is 6.07 Å². The number of nitrogens with zero attached hydrogens (tertiary/aromatic N) is 2. The number of carbonyl (C=O) groups excluding carboxylic acids is 1. The Labute approximate surface area is 69.8 Å². The predicted octanol–water partition coefficient (Wildman–Crippen LogP) is -0.249. The molecule has 4 heteroatoms. The van der Waals surface area contributed by atoms with Crippen molar-refractivity contribution in [1.82, 2.24) is 10.2 Å². The fourth-order valence-corrected chi connectivity index (χ4v) is 0.818. The Morgan fingerprint density at radius 2 is 2.50 bits per heavy atom. The van der Waals surface area contributed by atoms with Gasteiger partial charge in [-0.05, 0) is 11.6 Å². The van der Waals surface area contributed by atoms with Crippen LogP contribution in [0.2, 0.25) is 0 Å². The average Bonchev–Trinajstić information content (AvgIpc) is 2.05. The van der Waals surface area contributed by atoms with Crippen LogP contribution < -0.4 is 5.73 Å². The summed E-state index contributed by atoms with van der Waals surface area (Å²) in [5, 5.41) is 7.11. The number of carbonyl (C=O) groups is 1. The second-order valence-electron chi connectivity index (χ2n) is 2.15. The molecule has 0 aliphatic heterocycles. The Morgan fingerprint density at radius 1 is 1.75 bits per heavy atom. The first-order valence-corrected chi connectivity index (χ1v) is 3.29. The number of rotatable bonds is 2. The first-order chi connectivity index (χ1) is 5.75. The van der Waals surface area contributed by atoms with Gasteiger partial charge < -0.3 is 5.73 Å². The lowest BCUT2D eigenvalue weighted by Gasteiger charge is -1.98. The number of terminal acetylenes is 1. The fraction of sp³-hybridized carbons (Fsp3) is 0.125. The largest absolute Gasteiger partial charge is 0.364 e. The lowest BCUT2D eigenvalue weighted by molar-refractivity contribution is 0.0993. The topological polar surface area (TPSA) is 68.9 Å². The van der Waals surface area contributed by atoms with Gasteiger partial charge in [0.15, 0.2) is 5.69 Å². The summed E-state index contributed by atoms with van der Waals surface area (Å²) in [4.78, 5) is 10.7. The number of hydrogen-bond donors (Lipinski definition) is 1. The number of amides is 1. The van der Waals surface area contributed by atoms with Crippen LogP contribution in [0.1, 0.15) is 16.1 Å². The van der Waals surface area contributed by atoms with Crippen LogP contribution >= 0.6 is 0 Å². The summed E-state index contributed by atoms with van der Waals surface area (Å²) in [5.41, 5.74) is 5.82. The molecule has 4 nitrogen and oxygen atoms in total. The zero-order valence-electron chi connectivity index (χ0n) is 6.32. The molecule has 0 aliphatic rings. The number of nitrogens with two attached hydrogens (primary N) is 1. The number of primary amides is 1. The van der Waals surface area contributed by atoms with Gasteiger partial charge in [0, 0.05) is 12.6 Å². The minimum absolute atomic E-state index is 0.149. The molecule has 2 N–H and O–H groups in total. The van der Waals surface area contributed by atoms with E-state index in [0.717, 1.165) is 0 Å². The van der Waals surface area contributed by atoms with Gasteiger partial charge in [0.1, 0.15) is 0 Å². The highest BCUT2D eigenvalue weighted by molar-refractivity contribution is 5.92. The number of aromatic nitrogens is 2. The average molecular weight is 161 g/mol. The van der Waals surface area contributed by atoms with Crippen molar-refractivity contribution in [2.24, 2.45) is 5.73 Å². The minimum Gasteiger partial charge on any atom is -0.364 e. The third-order valence-electron chi connectivity index (χ3n) is 1.33. The van der Waals surface area contributed by atoms with Crippen molar-refractivity contribution in [1.29, 1.82) is 0 Å². The van der Waals surface area contributed by atoms with Gasteiger partial charge in [0.05, 0.1) is 0 Å². The molecule has 0 bridgehead atoms. The Kier molecular flexibility index (Phi) is 2.38. The quantitative estimate of drug-likeness (QED) is 0.608. The summed E-state index contributed by atoms with van der Waals surface area (Å²) in [7, 11) is 0. The normalized spacial score (nSPS) is 8.92. The summed E-state index contributed by atoms with van der Waals surface area (Å²) in [6, 6.07) is 1.63. The van der Waals surface area contributed by atoms with Crippen LogP contribution in [0.3, 0.4) is 0 Å². The van der Waals surface area contributed by atoms with Crippen LogP contribution in [-0.4, -0.2) is 16.1 Å². The maximum Gasteiger partial charge on any atom is 0.269 e. The van der Waals surface area contributed by atoms with Crippen LogP contribution in [0, 0.1) is 12.3 Å². The van der Waals surface area contributed by atoms with Gasteiger partial charge in [-0.3, -0.25) is 4.79 Å². The summed E-state index contributed by atoms with van der Waals surface area (Å²) < 4.78 is 0. The zero-order chi connectivity index (χ0) is 8.97. The first-order valence-electron chi connectivity index (χ1n) is 3.29. The molecule has 1 aromatic heterocycles. The molecule has 0 saturated heterocycles. The molecule has 1 heterocycles. The summed E-state index contributed by atoms with van der Waals surface area (Å²) >= 11 is 0. The van der Waals surface area contributed by atoms with Crippen LogP contribution in [0.25, 0.3) is 0 Å². The van der Waals surface area contributed by atoms with Crippen molar-refractivity contribution in [3.63, 3.8) is 0 Å². The SMILES string of the molecule is C#CCc1ccnnc1C(N)=O. The molecule has 0 atom stereocenters. The van der Waals surface area contributed by atoms with E-state index in [0.29, 0.717) is 12.0 Å². The Hall–Kier alpha value is -1.89. The zero-order valence-corrected chi connectivity index (χ0v) is 6.32. The van der Waals surface area contributed by atoms with E-state index in [2.05, 4.69) is 16.1 Å². The van der Waals surface area contributed by atoms with E-state index in [1.807, 2.05) is 0 Å². The van der Waals surface area contributed by atoms with Crippen LogP contribution in [0.15, 0.2) is 12.3 Å². The van der Waals surface area contributed by atoms with E-state index in [-0.39, 0.29) is 5.69 Å². The molecule has 0 saturated carbocycles. The highest BCUT2D eigenvalue weighted by Gasteiger charge is 2.07. The van der Waals surface area contributed by atoms with Crippen LogP contribution in [0.5, 0.6) is 0 Å². The van der Waals surface area contributed by atoms with Gasteiger partial charge in [-0.25, -0.2) is 0 Å². The summed E-state index contributed by atoms with van der Waals surface area (Å²) in [6.45, 7) is 0. The van der Waals surface area contributed by atoms with E-state index < -0.39 is 5.91 Å². The maximum absolute atomic E-state index is 10.7. The van der Waals surface area contributed by atoms with Gasteiger partial charge in [-0.15, -0.1) is 17.4 Å². The van der Waals surface area contributed by atoms with E-state index in [9.17, 15) is 4.79 Å².